The summed E-state index contributed by atoms with van der Waals surface area (Å²) in [6.07, 6.45) is 3.24. The summed E-state index contributed by atoms with van der Waals surface area (Å²) in [5, 5.41) is 5.52. The fourth-order valence-electron chi connectivity index (χ4n) is 2.06. The molecule has 2 amide bonds. The van der Waals surface area contributed by atoms with Crippen molar-refractivity contribution < 1.29 is 14.3 Å². The third-order valence-electron chi connectivity index (χ3n) is 3.03. The second-order valence-corrected chi connectivity index (χ2v) is 4.48. The summed E-state index contributed by atoms with van der Waals surface area (Å²) in [4.78, 5) is 15.7. The molecule has 21 heavy (non-hydrogen) atoms. The van der Waals surface area contributed by atoms with Crippen molar-refractivity contribution >= 4 is 11.7 Å². The minimum atomic E-state index is -0.282. The van der Waals surface area contributed by atoms with Gasteiger partial charge in [0.2, 0.25) is 0 Å². The lowest BCUT2D eigenvalue weighted by atomic mass is 10.1. The van der Waals surface area contributed by atoms with Gasteiger partial charge in [-0.25, -0.2) is 4.79 Å². The van der Waals surface area contributed by atoms with Crippen LogP contribution in [0.1, 0.15) is 5.56 Å². The molecule has 1 aromatic heterocycles. The number of para-hydroxylation sites is 1. The molecule has 0 atom stereocenters. The number of benzene rings is 1. The molecule has 0 unspecified atom stereocenters. The first-order valence-corrected chi connectivity index (χ1v) is 6.65. The first-order chi connectivity index (χ1) is 10.3. The van der Waals surface area contributed by atoms with Gasteiger partial charge in [0.05, 0.1) is 0 Å². The number of aromatic nitrogens is 1. The number of ether oxygens (including phenoxy) is 2. The highest BCUT2D eigenvalue weighted by molar-refractivity contribution is 5.89. The van der Waals surface area contributed by atoms with Crippen molar-refractivity contribution in [1.29, 1.82) is 0 Å². The number of fused-ring (bicyclic) bond motifs is 1. The van der Waals surface area contributed by atoms with Crippen LogP contribution in [0.4, 0.5) is 10.5 Å². The van der Waals surface area contributed by atoms with E-state index in [4.69, 9.17) is 9.47 Å². The Labute approximate surface area is 122 Å². The van der Waals surface area contributed by atoms with Crippen LogP contribution in [0.3, 0.4) is 0 Å². The number of carbonyl (C=O) groups is 1. The molecule has 1 aliphatic rings. The zero-order valence-electron chi connectivity index (χ0n) is 11.3. The molecule has 0 spiro atoms. The molecule has 1 aromatic carbocycles. The Morgan fingerprint density at radius 3 is 2.81 bits per heavy atom. The number of amides is 2. The van der Waals surface area contributed by atoms with Crippen LogP contribution in [0.5, 0.6) is 11.5 Å². The highest BCUT2D eigenvalue weighted by Gasteiger charge is 2.15. The SMILES string of the molecule is O=C(NCc1cccc2c1OCCO2)Nc1ccncc1. The molecule has 6 nitrogen and oxygen atoms in total. The van der Waals surface area contributed by atoms with E-state index >= 15 is 0 Å². The monoisotopic (exact) mass is 285 g/mol. The minimum absolute atomic E-state index is 0.282. The summed E-state index contributed by atoms with van der Waals surface area (Å²) < 4.78 is 11.1. The summed E-state index contributed by atoms with van der Waals surface area (Å²) in [5.41, 5.74) is 1.58. The topological polar surface area (TPSA) is 72.5 Å². The molecule has 0 saturated heterocycles. The Kier molecular flexibility index (Phi) is 3.86. The van der Waals surface area contributed by atoms with Crippen molar-refractivity contribution in [3.63, 3.8) is 0 Å². The number of nitrogens with one attached hydrogen (secondary N) is 2. The largest absolute Gasteiger partial charge is 0.486 e. The summed E-state index contributed by atoms with van der Waals surface area (Å²) in [7, 11) is 0. The van der Waals surface area contributed by atoms with E-state index < -0.39 is 0 Å². The molecule has 3 rings (SSSR count). The number of hydrogen-bond acceptors (Lipinski definition) is 4. The van der Waals surface area contributed by atoms with E-state index in [9.17, 15) is 4.79 Å². The second-order valence-electron chi connectivity index (χ2n) is 4.48. The molecule has 0 saturated carbocycles. The van der Waals surface area contributed by atoms with Gasteiger partial charge in [-0.2, -0.15) is 0 Å². The average Bonchev–Trinajstić information content (AvgIpc) is 2.54. The number of urea groups is 1. The number of nitrogens with zero attached hydrogens (tertiary/aromatic N) is 1. The zero-order chi connectivity index (χ0) is 14.5. The van der Waals surface area contributed by atoms with Crippen molar-refractivity contribution in [1.82, 2.24) is 10.3 Å². The fourth-order valence-corrected chi connectivity index (χ4v) is 2.06. The van der Waals surface area contributed by atoms with Crippen molar-refractivity contribution in [3.8, 4) is 11.5 Å². The van der Waals surface area contributed by atoms with Crippen molar-refractivity contribution in [2.45, 2.75) is 6.54 Å². The van der Waals surface area contributed by atoms with Gasteiger partial charge in [-0.05, 0) is 18.2 Å². The summed E-state index contributed by atoms with van der Waals surface area (Å²) in [6, 6.07) is 8.80. The maximum Gasteiger partial charge on any atom is 0.319 e. The van der Waals surface area contributed by atoms with Gasteiger partial charge < -0.3 is 20.1 Å². The van der Waals surface area contributed by atoms with Crippen LogP contribution in [0.15, 0.2) is 42.7 Å². The van der Waals surface area contributed by atoms with Crippen LogP contribution < -0.4 is 20.1 Å². The third-order valence-corrected chi connectivity index (χ3v) is 3.03. The molecule has 0 radical (unpaired) electrons. The molecular weight excluding hydrogens is 270 g/mol. The van der Waals surface area contributed by atoms with Crippen LogP contribution in [0.2, 0.25) is 0 Å². The standard InChI is InChI=1S/C15H15N3O3/c19-15(18-12-4-6-16-7-5-12)17-10-11-2-1-3-13-14(11)21-9-8-20-13/h1-7H,8-10H2,(H2,16,17,18,19). The molecule has 0 fully saturated rings. The van der Waals surface area contributed by atoms with E-state index in [0.717, 1.165) is 11.3 Å². The Bertz CT molecular complexity index is 631. The van der Waals surface area contributed by atoms with E-state index in [1.165, 1.54) is 0 Å². The van der Waals surface area contributed by atoms with Gasteiger partial charge in [-0.1, -0.05) is 12.1 Å². The van der Waals surface area contributed by atoms with E-state index in [0.29, 0.717) is 31.2 Å². The van der Waals surface area contributed by atoms with Gasteiger partial charge in [0, 0.05) is 30.2 Å². The van der Waals surface area contributed by atoms with Crippen LogP contribution >= 0.6 is 0 Å². The number of anilines is 1. The van der Waals surface area contributed by atoms with Gasteiger partial charge in [-0.3, -0.25) is 4.98 Å². The summed E-state index contributed by atoms with van der Waals surface area (Å²) >= 11 is 0. The maximum absolute atomic E-state index is 11.8. The number of rotatable bonds is 3. The Balaban J connectivity index is 1.61. The summed E-state index contributed by atoms with van der Waals surface area (Å²) in [6.45, 7) is 1.43. The quantitative estimate of drug-likeness (QED) is 0.906. The molecule has 6 heteroatoms. The highest BCUT2D eigenvalue weighted by atomic mass is 16.6. The zero-order valence-corrected chi connectivity index (χ0v) is 11.3. The van der Waals surface area contributed by atoms with Crippen molar-refractivity contribution in [2.75, 3.05) is 18.5 Å². The average molecular weight is 285 g/mol. The highest BCUT2D eigenvalue weighted by Crippen LogP contribution is 2.33. The van der Waals surface area contributed by atoms with Crippen molar-refractivity contribution in [2.24, 2.45) is 0 Å². The molecule has 0 aliphatic carbocycles. The molecule has 2 heterocycles. The third kappa shape index (κ3) is 3.22. The van der Waals surface area contributed by atoms with Crippen LogP contribution in [0, 0.1) is 0 Å². The molecule has 108 valence electrons. The maximum atomic E-state index is 11.8. The molecule has 0 bridgehead atoms. The normalized spacial score (nSPS) is 12.6. The van der Waals surface area contributed by atoms with Gasteiger partial charge in [0.15, 0.2) is 11.5 Å². The lowest BCUT2D eigenvalue weighted by Crippen LogP contribution is -2.28. The van der Waals surface area contributed by atoms with Crippen LogP contribution in [-0.4, -0.2) is 24.2 Å². The Morgan fingerprint density at radius 2 is 1.95 bits per heavy atom. The van der Waals surface area contributed by atoms with Crippen LogP contribution in [0.25, 0.3) is 0 Å². The predicted molar refractivity (Wildman–Crippen MR) is 77.5 cm³/mol. The number of hydrogen-bond donors (Lipinski definition) is 2. The first-order valence-electron chi connectivity index (χ1n) is 6.65. The smallest absolute Gasteiger partial charge is 0.319 e. The van der Waals surface area contributed by atoms with Crippen molar-refractivity contribution in [3.05, 3.63) is 48.3 Å². The van der Waals surface area contributed by atoms with Gasteiger partial charge >= 0.3 is 6.03 Å². The lowest BCUT2D eigenvalue weighted by molar-refractivity contribution is 0.169. The number of carbonyl (C=O) groups excluding carboxylic acids is 1. The van der Waals surface area contributed by atoms with E-state index in [1.54, 1.807) is 24.5 Å². The summed E-state index contributed by atoms with van der Waals surface area (Å²) in [5.74, 6) is 1.42. The van der Waals surface area contributed by atoms with E-state index in [2.05, 4.69) is 15.6 Å². The second kappa shape index (κ2) is 6.13. The molecular formula is C15H15N3O3. The predicted octanol–water partition coefficient (Wildman–Crippen LogP) is 2.17. The Morgan fingerprint density at radius 1 is 1.14 bits per heavy atom. The van der Waals surface area contributed by atoms with Gasteiger partial charge in [0.1, 0.15) is 13.2 Å². The Hall–Kier alpha value is -2.76. The van der Waals surface area contributed by atoms with E-state index in [-0.39, 0.29) is 6.03 Å². The van der Waals surface area contributed by atoms with Crippen LogP contribution in [-0.2, 0) is 6.54 Å². The molecule has 1 aliphatic heterocycles. The fraction of sp³-hybridized carbons (Fsp3) is 0.200. The first kappa shape index (κ1) is 13.2. The number of pyridine rings is 1. The van der Waals surface area contributed by atoms with Gasteiger partial charge in [0.25, 0.3) is 0 Å². The van der Waals surface area contributed by atoms with Gasteiger partial charge in [-0.15, -0.1) is 0 Å². The molecule has 2 N–H and O–H groups in total. The molecule has 2 aromatic rings. The lowest BCUT2D eigenvalue weighted by Gasteiger charge is -2.21. The minimum Gasteiger partial charge on any atom is -0.486 e. The van der Waals surface area contributed by atoms with E-state index in [1.807, 2.05) is 18.2 Å².